The van der Waals surface area contributed by atoms with Crippen molar-refractivity contribution >= 4 is 45.0 Å². The standard InChI is InChI=1S/C27H21N7OS/c1-14-2-5-23(36-14)19-6-7-29-25-20(19)10-22(32-25)24-21-9-17(12-30-26(21)34-33-24)16-8-18(13-28-11-16)31-27(35)15-3-4-15/h2,5-13,15H,3-4H2,1H3,(H,29,32)(H,31,35)(H,30,33,34). The Balaban J connectivity index is 1.28. The maximum Gasteiger partial charge on any atom is 0.227 e. The Morgan fingerprint density at radius 3 is 2.72 bits per heavy atom. The fraction of sp³-hybridized carbons (Fsp3) is 0.148. The summed E-state index contributed by atoms with van der Waals surface area (Å²) in [6.07, 6.45) is 8.98. The zero-order valence-corrected chi connectivity index (χ0v) is 20.2. The number of aryl methyl sites for hydroxylation is 1. The Bertz CT molecular complexity index is 1780. The van der Waals surface area contributed by atoms with E-state index < -0.39 is 0 Å². The smallest absolute Gasteiger partial charge is 0.227 e. The van der Waals surface area contributed by atoms with E-state index in [0.717, 1.165) is 57.3 Å². The molecule has 1 fully saturated rings. The molecule has 6 aromatic rings. The van der Waals surface area contributed by atoms with E-state index in [0.29, 0.717) is 11.3 Å². The van der Waals surface area contributed by atoms with Crippen LogP contribution in [-0.4, -0.2) is 36.0 Å². The molecule has 6 aromatic heterocycles. The number of hydrogen-bond donors (Lipinski definition) is 3. The van der Waals surface area contributed by atoms with E-state index in [1.807, 2.05) is 18.3 Å². The number of carbonyl (C=O) groups is 1. The summed E-state index contributed by atoms with van der Waals surface area (Å²) in [6, 6.07) is 12.4. The number of nitrogens with one attached hydrogen (secondary N) is 3. The van der Waals surface area contributed by atoms with Gasteiger partial charge in [0.1, 0.15) is 11.3 Å². The minimum absolute atomic E-state index is 0.0594. The largest absolute Gasteiger partial charge is 0.338 e. The number of thiophene rings is 1. The number of fused-ring (bicyclic) bond motifs is 2. The van der Waals surface area contributed by atoms with Crippen molar-refractivity contribution in [2.45, 2.75) is 19.8 Å². The van der Waals surface area contributed by atoms with Gasteiger partial charge in [0.2, 0.25) is 5.91 Å². The third-order valence-electron chi connectivity index (χ3n) is 6.50. The number of pyridine rings is 3. The van der Waals surface area contributed by atoms with Gasteiger partial charge in [-0.05, 0) is 56.2 Å². The average molecular weight is 492 g/mol. The third kappa shape index (κ3) is 3.64. The molecule has 0 aromatic carbocycles. The van der Waals surface area contributed by atoms with Crippen LogP contribution in [0.15, 0.2) is 61.2 Å². The molecule has 36 heavy (non-hydrogen) atoms. The lowest BCUT2D eigenvalue weighted by Crippen LogP contribution is -2.13. The minimum Gasteiger partial charge on any atom is -0.338 e. The van der Waals surface area contributed by atoms with Crippen LogP contribution < -0.4 is 5.32 Å². The first kappa shape index (κ1) is 21.0. The van der Waals surface area contributed by atoms with Gasteiger partial charge in [0.15, 0.2) is 5.65 Å². The molecular weight excluding hydrogens is 470 g/mol. The second-order valence-electron chi connectivity index (χ2n) is 9.13. The molecule has 0 bridgehead atoms. The molecule has 176 valence electrons. The molecule has 1 aliphatic carbocycles. The van der Waals surface area contributed by atoms with Gasteiger partial charge in [-0.3, -0.25) is 14.9 Å². The monoisotopic (exact) mass is 491 g/mol. The quantitative estimate of drug-likeness (QED) is 0.276. The molecule has 0 aliphatic heterocycles. The number of anilines is 1. The summed E-state index contributed by atoms with van der Waals surface area (Å²) in [6.45, 7) is 2.11. The summed E-state index contributed by atoms with van der Waals surface area (Å²) in [5.74, 6) is 0.194. The Morgan fingerprint density at radius 2 is 1.89 bits per heavy atom. The highest BCUT2D eigenvalue weighted by atomic mass is 32.1. The predicted octanol–water partition coefficient (Wildman–Crippen LogP) is 5.95. The molecule has 1 saturated carbocycles. The molecule has 1 aliphatic rings. The Morgan fingerprint density at radius 1 is 1.00 bits per heavy atom. The highest BCUT2D eigenvalue weighted by Crippen LogP contribution is 2.36. The molecule has 6 heterocycles. The maximum atomic E-state index is 12.2. The minimum atomic E-state index is 0.0594. The van der Waals surface area contributed by atoms with E-state index in [9.17, 15) is 4.79 Å². The lowest BCUT2D eigenvalue weighted by Gasteiger charge is -2.07. The van der Waals surface area contributed by atoms with E-state index in [-0.39, 0.29) is 11.8 Å². The summed E-state index contributed by atoms with van der Waals surface area (Å²) >= 11 is 1.77. The molecule has 8 nitrogen and oxygen atoms in total. The Labute approximate surface area is 209 Å². The molecule has 7 rings (SSSR count). The van der Waals surface area contributed by atoms with Crippen molar-refractivity contribution in [3.63, 3.8) is 0 Å². The second-order valence-corrected chi connectivity index (χ2v) is 10.4. The van der Waals surface area contributed by atoms with Crippen molar-refractivity contribution in [2.24, 2.45) is 5.92 Å². The van der Waals surface area contributed by atoms with Crippen molar-refractivity contribution in [3.05, 3.63) is 66.1 Å². The van der Waals surface area contributed by atoms with Gasteiger partial charge in [-0.2, -0.15) is 5.10 Å². The zero-order chi connectivity index (χ0) is 24.2. The van der Waals surface area contributed by atoms with Gasteiger partial charge in [0.05, 0.1) is 17.6 Å². The topological polar surface area (TPSA) is 112 Å². The van der Waals surface area contributed by atoms with Crippen LogP contribution >= 0.6 is 11.3 Å². The highest BCUT2D eigenvalue weighted by Gasteiger charge is 2.29. The summed E-state index contributed by atoms with van der Waals surface area (Å²) < 4.78 is 0. The van der Waals surface area contributed by atoms with Gasteiger partial charge in [0.25, 0.3) is 0 Å². The molecule has 0 atom stereocenters. The molecular formula is C27H21N7OS. The van der Waals surface area contributed by atoms with E-state index in [4.69, 9.17) is 0 Å². The first-order chi connectivity index (χ1) is 17.6. The normalized spacial score (nSPS) is 13.5. The summed E-state index contributed by atoms with van der Waals surface area (Å²) in [4.78, 5) is 31.6. The zero-order valence-electron chi connectivity index (χ0n) is 19.4. The lowest BCUT2D eigenvalue weighted by atomic mass is 10.1. The molecule has 0 spiro atoms. The second kappa shape index (κ2) is 8.10. The molecule has 1 amide bonds. The van der Waals surface area contributed by atoms with Crippen LogP contribution in [0.2, 0.25) is 0 Å². The number of aromatic amines is 2. The van der Waals surface area contributed by atoms with Crippen LogP contribution in [-0.2, 0) is 4.79 Å². The Hall–Kier alpha value is -4.37. The van der Waals surface area contributed by atoms with Gasteiger partial charge in [0, 0.05) is 61.7 Å². The number of H-pyrrole nitrogens is 2. The molecule has 0 saturated heterocycles. The SMILES string of the molecule is Cc1ccc(-c2ccnc3[nH]c(-c4n[nH]c5ncc(-c6cncc(NC(=O)C7CC7)c6)cc45)cc23)s1. The van der Waals surface area contributed by atoms with Gasteiger partial charge >= 0.3 is 0 Å². The molecule has 3 N–H and O–H groups in total. The van der Waals surface area contributed by atoms with Gasteiger partial charge in [-0.25, -0.2) is 9.97 Å². The van der Waals surface area contributed by atoms with Crippen molar-refractivity contribution < 1.29 is 4.79 Å². The molecule has 0 unspecified atom stereocenters. The predicted molar refractivity (Wildman–Crippen MR) is 142 cm³/mol. The van der Waals surface area contributed by atoms with Crippen molar-refractivity contribution in [1.82, 2.24) is 30.1 Å². The number of nitrogens with zero attached hydrogens (tertiary/aromatic N) is 4. The number of carbonyl (C=O) groups excluding carboxylic acids is 1. The van der Waals surface area contributed by atoms with Crippen LogP contribution in [0, 0.1) is 12.8 Å². The number of rotatable bonds is 5. The van der Waals surface area contributed by atoms with Crippen molar-refractivity contribution in [1.29, 1.82) is 0 Å². The van der Waals surface area contributed by atoms with Crippen LogP contribution in [0.4, 0.5) is 5.69 Å². The summed E-state index contributed by atoms with van der Waals surface area (Å²) in [5, 5.41) is 12.5. The Kier molecular flexibility index (Phi) is 4.71. The third-order valence-corrected chi connectivity index (χ3v) is 7.53. The van der Waals surface area contributed by atoms with Gasteiger partial charge < -0.3 is 10.3 Å². The number of aromatic nitrogens is 6. The highest BCUT2D eigenvalue weighted by molar-refractivity contribution is 7.15. The van der Waals surface area contributed by atoms with Crippen molar-refractivity contribution in [2.75, 3.05) is 5.32 Å². The number of amides is 1. The number of hydrogen-bond acceptors (Lipinski definition) is 6. The average Bonchev–Trinajstić information content (AvgIpc) is 3.30. The van der Waals surface area contributed by atoms with Crippen molar-refractivity contribution in [3.8, 4) is 33.0 Å². The first-order valence-electron chi connectivity index (χ1n) is 11.8. The van der Waals surface area contributed by atoms with Gasteiger partial charge in [-0.1, -0.05) is 0 Å². The van der Waals surface area contributed by atoms with Crippen LogP contribution in [0.5, 0.6) is 0 Å². The fourth-order valence-corrected chi connectivity index (χ4v) is 5.38. The molecule has 0 radical (unpaired) electrons. The fourth-order valence-electron chi connectivity index (χ4n) is 4.47. The lowest BCUT2D eigenvalue weighted by molar-refractivity contribution is -0.117. The van der Waals surface area contributed by atoms with E-state index in [2.05, 4.69) is 66.6 Å². The molecule has 9 heteroatoms. The maximum absolute atomic E-state index is 12.2. The van der Waals surface area contributed by atoms with Crippen LogP contribution in [0.3, 0.4) is 0 Å². The van der Waals surface area contributed by atoms with E-state index in [1.54, 1.807) is 29.9 Å². The first-order valence-corrected chi connectivity index (χ1v) is 12.6. The van der Waals surface area contributed by atoms with Crippen LogP contribution in [0.25, 0.3) is 55.0 Å². The summed E-state index contributed by atoms with van der Waals surface area (Å²) in [7, 11) is 0. The van der Waals surface area contributed by atoms with E-state index >= 15 is 0 Å². The summed E-state index contributed by atoms with van der Waals surface area (Å²) in [5.41, 5.74) is 6.76. The van der Waals surface area contributed by atoms with E-state index in [1.165, 1.54) is 9.75 Å². The van der Waals surface area contributed by atoms with Gasteiger partial charge in [-0.15, -0.1) is 11.3 Å². The van der Waals surface area contributed by atoms with Crippen LogP contribution in [0.1, 0.15) is 17.7 Å².